The van der Waals surface area contributed by atoms with Crippen molar-refractivity contribution in [3.05, 3.63) is 58.6 Å². The first-order valence-corrected chi connectivity index (χ1v) is 8.03. The SMILES string of the molecule is Cc1nc2c(c(NCc3noc(C(N)=O)n3)n1)Cc1ccccc1OC2. The largest absolute Gasteiger partial charge is 0.487 e. The van der Waals surface area contributed by atoms with E-state index in [1.54, 1.807) is 0 Å². The Morgan fingerprint density at radius 1 is 1.27 bits per heavy atom. The van der Waals surface area contributed by atoms with Crippen LogP contribution < -0.4 is 15.8 Å². The molecule has 132 valence electrons. The lowest BCUT2D eigenvalue weighted by Crippen LogP contribution is -2.13. The molecule has 0 radical (unpaired) electrons. The molecule has 4 rings (SSSR count). The Bertz CT molecular complexity index is 984. The third-order valence-corrected chi connectivity index (χ3v) is 4.00. The molecule has 1 aliphatic rings. The van der Waals surface area contributed by atoms with E-state index in [1.165, 1.54) is 0 Å². The van der Waals surface area contributed by atoms with Crippen LogP contribution in [0.15, 0.2) is 28.8 Å². The number of fused-ring (bicyclic) bond motifs is 2. The molecular formula is C17H16N6O3. The highest BCUT2D eigenvalue weighted by Crippen LogP contribution is 2.30. The highest BCUT2D eigenvalue weighted by molar-refractivity contribution is 5.87. The van der Waals surface area contributed by atoms with Crippen LogP contribution in [0.25, 0.3) is 0 Å². The predicted molar refractivity (Wildman–Crippen MR) is 90.5 cm³/mol. The Balaban J connectivity index is 1.63. The summed E-state index contributed by atoms with van der Waals surface area (Å²) in [7, 11) is 0. The van der Waals surface area contributed by atoms with Gasteiger partial charge >= 0.3 is 11.8 Å². The molecule has 1 aromatic carbocycles. The van der Waals surface area contributed by atoms with E-state index in [-0.39, 0.29) is 12.4 Å². The second-order valence-electron chi connectivity index (χ2n) is 5.85. The third kappa shape index (κ3) is 3.06. The summed E-state index contributed by atoms with van der Waals surface area (Å²) in [6.45, 7) is 2.43. The van der Waals surface area contributed by atoms with Crippen LogP contribution >= 0.6 is 0 Å². The van der Waals surface area contributed by atoms with Gasteiger partial charge in [-0.15, -0.1) is 0 Å². The van der Waals surface area contributed by atoms with Crippen molar-refractivity contribution < 1.29 is 14.1 Å². The van der Waals surface area contributed by atoms with Crippen LogP contribution in [0.1, 0.15) is 39.2 Å². The van der Waals surface area contributed by atoms with Crippen LogP contribution in [0, 0.1) is 6.92 Å². The number of nitrogens with two attached hydrogens (primary N) is 1. The van der Waals surface area contributed by atoms with Gasteiger partial charge in [-0.1, -0.05) is 23.4 Å². The molecule has 0 saturated carbocycles. The van der Waals surface area contributed by atoms with Crippen LogP contribution in [-0.2, 0) is 19.6 Å². The zero-order chi connectivity index (χ0) is 18.1. The fourth-order valence-corrected chi connectivity index (χ4v) is 2.82. The number of nitrogens with zero attached hydrogens (tertiary/aromatic N) is 4. The Morgan fingerprint density at radius 2 is 2.12 bits per heavy atom. The Morgan fingerprint density at radius 3 is 2.92 bits per heavy atom. The van der Waals surface area contributed by atoms with Gasteiger partial charge in [0.2, 0.25) is 0 Å². The number of amides is 1. The number of aryl methyl sites for hydroxylation is 1. The minimum atomic E-state index is -0.760. The van der Waals surface area contributed by atoms with Gasteiger partial charge < -0.3 is 20.3 Å². The van der Waals surface area contributed by atoms with E-state index >= 15 is 0 Å². The second kappa shape index (κ2) is 6.43. The van der Waals surface area contributed by atoms with Crippen LogP contribution in [0.4, 0.5) is 5.82 Å². The van der Waals surface area contributed by atoms with Crippen LogP contribution in [0.5, 0.6) is 5.75 Å². The lowest BCUT2D eigenvalue weighted by molar-refractivity contribution is 0.0958. The third-order valence-electron chi connectivity index (χ3n) is 4.00. The van der Waals surface area contributed by atoms with Gasteiger partial charge in [-0.05, 0) is 18.6 Å². The summed E-state index contributed by atoms with van der Waals surface area (Å²) >= 11 is 0. The molecule has 0 spiro atoms. The number of primary amides is 1. The number of nitrogens with one attached hydrogen (secondary N) is 1. The molecule has 9 heteroatoms. The first kappa shape index (κ1) is 16.0. The number of ether oxygens (including phenoxy) is 1. The number of aromatic nitrogens is 4. The summed E-state index contributed by atoms with van der Waals surface area (Å²) in [4.78, 5) is 24.0. The lowest BCUT2D eigenvalue weighted by atomic mass is 10.0. The molecule has 9 nitrogen and oxygen atoms in total. The highest BCUT2D eigenvalue weighted by Gasteiger charge is 2.20. The van der Waals surface area contributed by atoms with E-state index in [0.29, 0.717) is 30.5 Å². The molecule has 0 atom stereocenters. The van der Waals surface area contributed by atoms with Gasteiger partial charge in [0.15, 0.2) is 5.82 Å². The molecule has 0 unspecified atom stereocenters. The number of hydrogen-bond acceptors (Lipinski definition) is 8. The normalized spacial score (nSPS) is 12.5. The van der Waals surface area contributed by atoms with Crippen molar-refractivity contribution in [1.82, 2.24) is 20.1 Å². The van der Waals surface area contributed by atoms with Crippen molar-refractivity contribution in [3.63, 3.8) is 0 Å². The minimum absolute atomic E-state index is 0.221. The standard InChI is InChI=1S/C17H16N6O3/c1-9-20-12-8-25-13-5-3-2-4-10(13)6-11(12)16(21-9)19-7-14-22-17(15(18)24)26-23-14/h2-5H,6-8H2,1H3,(H2,18,24)(H,19,20,21). The minimum Gasteiger partial charge on any atom is -0.487 e. The average Bonchev–Trinajstić information content (AvgIpc) is 3.02. The molecule has 0 fully saturated rings. The van der Waals surface area contributed by atoms with E-state index in [2.05, 4.69) is 25.4 Å². The molecule has 2 aromatic heterocycles. The molecule has 1 aliphatic heterocycles. The van der Waals surface area contributed by atoms with E-state index in [0.717, 1.165) is 22.6 Å². The maximum Gasteiger partial charge on any atom is 0.315 e. The van der Waals surface area contributed by atoms with Crippen molar-refractivity contribution in [1.29, 1.82) is 0 Å². The zero-order valence-corrected chi connectivity index (χ0v) is 14.0. The fraction of sp³-hybridized carbons (Fsp3) is 0.235. The number of anilines is 1. The first-order chi connectivity index (χ1) is 12.6. The van der Waals surface area contributed by atoms with Gasteiger partial charge in [0.1, 0.15) is 24.0 Å². The van der Waals surface area contributed by atoms with Gasteiger partial charge in [-0.3, -0.25) is 4.79 Å². The van der Waals surface area contributed by atoms with Crippen LogP contribution in [-0.4, -0.2) is 26.0 Å². The van der Waals surface area contributed by atoms with Gasteiger partial charge in [-0.25, -0.2) is 9.97 Å². The van der Waals surface area contributed by atoms with Gasteiger partial charge in [0.05, 0.1) is 12.2 Å². The monoisotopic (exact) mass is 352 g/mol. The van der Waals surface area contributed by atoms with E-state index in [4.69, 9.17) is 15.0 Å². The summed E-state index contributed by atoms with van der Waals surface area (Å²) in [6, 6.07) is 7.88. The van der Waals surface area contributed by atoms with E-state index in [9.17, 15) is 4.79 Å². The van der Waals surface area contributed by atoms with Crippen LogP contribution in [0.3, 0.4) is 0 Å². The van der Waals surface area contributed by atoms with Crippen molar-refractivity contribution in [2.75, 3.05) is 5.32 Å². The average molecular weight is 352 g/mol. The number of hydrogen-bond donors (Lipinski definition) is 2. The zero-order valence-electron chi connectivity index (χ0n) is 14.0. The molecule has 26 heavy (non-hydrogen) atoms. The molecule has 0 aliphatic carbocycles. The number of benzene rings is 1. The molecule has 3 heterocycles. The lowest BCUT2D eigenvalue weighted by Gasteiger charge is -2.12. The van der Waals surface area contributed by atoms with Gasteiger partial charge in [0, 0.05) is 12.0 Å². The Labute approximate surface area is 148 Å². The second-order valence-corrected chi connectivity index (χ2v) is 5.85. The van der Waals surface area contributed by atoms with E-state index in [1.807, 2.05) is 31.2 Å². The fourth-order valence-electron chi connectivity index (χ4n) is 2.82. The summed E-state index contributed by atoms with van der Waals surface area (Å²) in [5.74, 6) is 1.49. The molecule has 0 bridgehead atoms. The molecule has 1 amide bonds. The molecular weight excluding hydrogens is 336 g/mol. The maximum atomic E-state index is 11.1. The summed E-state index contributed by atoms with van der Waals surface area (Å²) in [5, 5.41) is 6.92. The Hall–Kier alpha value is -3.49. The van der Waals surface area contributed by atoms with Crippen molar-refractivity contribution in [2.45, 2.75) is 26.5 Å². The van der Waals surface area contributed by atoms with Gasteiger partial charge in [-0.2, -0.15) is 4.98 Å². The quantitative estimate of drug-likeness (QED) is 0.720. The first-order valence-electron chi connectivity index (χ1n) is 8.03. The van der Waals surface area contributed by atoms with Crippen molar-refractivity contribution in [3.8, 4) is 5.75 Å². The van der Waals surface area contributed by atoms with Crippen LogP contribution in [0.2, 0.25) is 0 Å². The van der Waals surface area contributed by atoms with Crippen molar-refractivity contribution in [2.24, 2.45) is 5.73 Å². The number of para-hydroxylation sites is 1. The summed E-state index contributed by atoms with van der Waals surface area (Å²) in [5.41, 5.74) is 7.98. The summed E-state index contributed by atoms with van der Waals surface area (Å²) < 4.78 is 10.7. The van der Waals surface area contributed by atoms with E-state index < -0.39 is 5.91 Å². The molecule has 3 N–H and O–H groups in total. The topological polar surface area (TPSA) is 129 Å². The Kier molecular flexibility index (Phi) is 3.96. The predicted octanol–water partition coefficient (Wildman–Crippen LogP) is 1.36. The smallest absolute Gasteiger partial charge is 0.315 e. The number of rotatable bonds is 4. The molecule has 3 aromatic rings. The number of carbonyl (C=O) groups is 1. The van der Waals surface area contributed by atoms with Gasteiger partial charge in [0.25, 0.3) is 0 Å². The summed E-state index contributed by atoms with van der Waals surface area (Å²) in [6.07, 6.45) is 0.646. The van der Waals surface area contributed by atoms with Crippen molar-refractivity contribution >= 4 is 11.7 Å². The molecule has 0 saturated heterocycles. The number of carbonyl (C=O) groups excluding carboxylic acids is 1. The highest BCUT2D eigenvalue weighted by atomic mass is 16.5. The maximum absolute atomic E-state index is 11.1.